The van der Waals surface area contributed by atoms with Gasteiger partial charge in [0.05, 0.1) is 5.92 Å². The van der Waals surface area contributed by atoms with Gasteiger partial charge in [0.2, 0.25) is 0 Å². The van der Waals surface area contributed by atoms with E-state index in [4.69, 9.17) is 0 Å². The average molecular weight is 202 g/mol. The molecule has 1 saturated carbocycles. The number of carboxylic acid groups (broad SMARTS) is 1. The Morgan fingerprint density at radius 2 is 1.93 bits per heavy atom. The highest BCUT2D eigenvalue weighted by molar-refractivity contribution is 5.72. The molecule has 1 aromatic rings. The largest absolute Gasteiger partial charge is 0.481 e. The van der Waals surface area contributed by atoms with Gasteiger partial charge in [0.15, 0.2) is 0 Å². The summed E-state index contributed by atoms with van der Waals surface area (Å²) in [4.78, 5) is 11.2. The molecule has 4 rings (SSSR count). The predicted molar refractivity (Wildman–Crippen MR) is 56.9 cm³/mol. The zero-order chi connectivity index (χ0) is 10.4. The minimum Gasteiger partial charge on any atom is -0.481 e. The van der Waals surface area contributed by atoms with E-state index in [9.17, 15) is 9.90 Å². The van der Waals surface area contributed by atoms with Crippen molar-refractivity contribution in [2.24, 2.45) is 5.92 Å². The first kappa shape index (κ1) is 8.96. The van der Waals surface area contributed by atoms with Crippen molar-refractivity contribution >= 4 is 5.97 Å². The zero-order valence-corrected chi connectivity index (χ0v) is 8.52. The predicted octanol–water partition coefficient (Wildman–Crippen LogP) is 2.75. The fourth-order valence-electron chi connectivity index (χ4n) is 3.32. The molecule has 0 heterocycles. The number of carboxylic acids is 1. The Labute approximate surface area is 88.9 Å². The lowest BCUT2D eigenvalue weighted by atomic mass is 9.62. The first-order chi connectivity index (χ1) is 7.27. The number of benzene rings is 1. The molecule has 78 valence electrons. The van der Waals surface area contributed by atoms with Crippen LogP contribution in [0.4, 0.5) is 0 Å². The summed E-state index contributed by atoms with van der Waals surface area (Å²) >= 11 is 0. The third kappa shape index (κ3) is 1.21. The van der Waals surface area contributed by atoms with Crippen LogP contribution in [0.5, 0.6) is 0 Å². The van der Waals surface area contributed by atoms with E-state index in [0.29, 0.717) is 5.92 Å². The highest BCUT2D eigenvalue weighted by Gasteiger charge is 2.42. The van der Waals surface area contributed by atoms with Crippen LogP contribution in [-0.2, 0) is 4.79 Å². The summed E-state index contributed by atoms with van der Waals surface area (Å²) < 4.78 is 0. The van der Waals surface area contributed by atoms with E-state index in [0.717, 1.165) is 12.8 Å². The first-order valence-corrected chi connectivity index (χ1v) is 5.59. The maximum absolute atomic E-state index is 11.2. The van der Waals surface area contributed by atoms with Crippen molar-refractivity contribution < 1.29 is 9.90 Å². The molecule has 1 N–H and O–H groups in total. The van der Waals surface area contributed by atoms with Crippen LogP contribution in [0.15, 0.2) is 24.3 Å². The van der Waals surface area contributed by atoms with Gasteiger partial charge in [-0.05, 0) is 42.2 Å². The monoisotopic (exact) mass is 202 g/mol. The maximum atomic E-state index is 11.2. The Bertz CT molecular complexity index is 411. The number of rotatable bonds is 1. The Morgan fingerprint density at radius 3 is 2.67 bits per heavy atom. The summed E-state index contributed by atoms with van der Waals surface area (Å²) in [6.45, 7) is 0. The van der Waals surface area contributed by atoms with Crippen molar-refractivity contribution in [1.29, 1.82) is 0 Å². The highest BCUT2D eigenvalue weighted by Crippen LogP contribution is 2.52. The number of hydrogen-bond donors (Lipinski definition) is 1. The van der Waals surface area contributed by atoms with Gasteiger partial charge in [0, 0.05) is 0 Å². The summed E-state index contributed by atoms with van der Waals surface area (Å²) in [5.74, 6) is 0.00820. The second kappa shape index (κ2) is 3.09. The molecule has 0 radical (unpaired) electrons. The third-order valence-corrected chi connectivity index (χ3v) is 4.00. The fourth-order valence-corrected chi connectivity index (χ4v) is 3.32. The lowest BCUT2D eigenvalue weighted by Crippen LogP contribution is -2.34. The molecule has 3 atom stereocenters. The molecular weight excluding hydrogens is 188 g/mol. The smallest absolute Gasteiger partial charge is 0.307 e. The van der Waals surface area contributed by atoms with E-state index in [1.54, 1.807) is 0 Å². The summed E-state index contributed by atoms with van der Waals surface area (Å²) in [5.41, 5.74) is 2.71. The fraction of sp³-hybridized carbons (Fsp3) is 0.462. The molecular formula is C13H14O2. The maximum Gasteiger partial charge on any atom is 0.307 e. The quantitative estimate of drug-likeness (QED) is 0.760. The third-order valence-electron chi connectivity index (χ3n) is 4.00. The molecule has 2 bridgehead atoms. The SMILES string of the molecule is O=C(O)C1CC2CCC1c1ccccc12. The molecule has 3 aliphatic rings. The van der Waals surface area contributed by atoms with Gasteiger partial charge in [0.25, 0.3) is 0 Å². The minimum atomic E-state index is -0.612. The van der Waals surface area contributed by atoms with Gasteiger partial charge in [0.1, 0.15) is 0 Å². The first-order valence-electron chi connectivity index (χ1n) is 5.59. The van der Waals surface area contributed by atoms with Crippen molar-refractivity contribution in [3.63, 3.8) is 0 Å². The van der Waals surface area contributed by atoms with Gasteiger partial charge in [-0.1, -0.05) is 24.3 Å². The van der Waals surface area contributed by atoms with Gasteiger partial charge < -0.3 is 5.11 Å². The summed E-state index contributed by atoms with van der Waals surface area (Å²) in [6.07, 6.45) is 3.07. The van der Waals surface area contributed by atoms with Gasteiger partial charge in [-0.15, -0.1) is 0 Å². The van der Waals surface area contributed by atoms with E-state index in [2.05, 4.69) is 18.2 Å². The topological polar surface area (TPSA) is 37.3 Å². The van der Waals surface area contributed by atoms with E-state index in [1.165, 1.54) is 17.5 Å². The second-order valence-corrected chi connectivity index (χ2v) is 4.69. The van der Waals surface area contributed by atoms with Crippen LogP contribution in [0, 0.1) is 5.92 Å². The Kier molecular flexibility index (Phi) is 1.84. The van der Waals surface area contributed by atoms with E-state index in [-0.39, 0.29) is 11.8 Å². The van der Waals surface area contributed by atoms with E-state index < -0.39 is 5.97 Å². The van der Waals surface area contributed by atoms with Crippen molar-refractivity contribution in [3.05, 3.63) is 35.4 Å². The lowest BCUT2D eigenvalue weighted by molar-refractivity contribution is -0.144. The normalized spacial score (nSPS) is 32.4. The number of hydrogen-bond acceptors (Lipinski definition) is 1. The number of aliphatic carboxylic acids is 1. The van der Waals surface area contributed by atoms with Gasteiger partial charge in [-0.3, -0.25) is 4.79 Å². The molecule has 0 spiro atoms. The number of carbonyl (C=O) groups is 1. The van der Waals surface area contributed by atoms with Crippen LogP contribution in [-0.4, -0.2) is 11.1 Å². The van der Waals surface area contributed by atoms with E-state index >= 15 is 0 Å². The Balaban J connectivity index is 2.09. The Morgan fingerprint density at radius 1 is 1.20 bits per heavy atom. The van der Waals surface area contributed by atoms with Gasteiger partial charge in [-0.25, -0.2) is 0 Å². The van der Waals surface area contributed by atoms with Crippen LogP contribution in [0.25, 0.3) is 0 Å². The number of fused-ring (bicyclic) bond motifs is 2. The second-order valence-electron chi connectivity index (χ2n) is 4.69. The van der Waals surface area contributed by atoms with Gasteiger partial charge >= 0.3 is 5.97 Å². The van der Waals surface area contributed by atoms with Crippen LogP contribution in [0.2, 0.25) is 0 Å². The molecule has 0 amide bonds. The van der Waals surface area contributed by atoms with Crippen molar-refractivity contribution in [2.45, 2.75) is 31.1 Å². The lowest BCUT2D eigenvalue weighted by Gasteiger charge is -2.42. The van der Waals surface area contributed by atoms with Crippen LogP contribution >= 0.6 is 0 Å². The average Bonchev–Trinajstić information content (AvgIpc) is 2.30. The molecule has 0 aliphatic heterocycles. The Hall–Kier alpha value is -1.31. The molecule has 2 nitrogen and oxygen atoms in total. The van der Waals surface area contributed by atoms with Crippen LogP contribution < -0.4 is 0 Å². The van der Waals surface area contributed by atoms with E-state index in [1.807, 2.05) is 6.07 Å². The molecule has 0 aromatic heterocycles. The van der Waals surface area contributed by atoms with Crippen molar-refractivity contribution in [3.8, 4) is 0 Å². The summed E-state index contributed by atoms with van der Waals surface area (Å²) in [5, 5.41) is 9.19. The highest BCUT2D eigenvalue weighted by atomic mass is 16.4. The summed E-state index contributed by atoms with van der Waals surface area (Å²) in [7, 11) is 0. The molecule has 0 saturated heterocycles. The molecule has 2 heteroatoms. The molecule has 1 aromatic carbocycles. The molecule has 3 unspecified atom stereocenters. The molecule has 3 aliphatic carbocycles. The van der Waals surface area contributed by atoms with Gasteiger partial charge in [-0.2, -0.15) is 0 Å². The van der Waals surface area contributed by atoms with Crippen molar-refractivity contribution in [2.75, 3.05) is 0 Å². The van der Waals surface area contributed by atoms with Crippen LogP contribution in [0.1, 0.15) is 42.2 Å². The molecule has 1 fully saturated rings. The van der Waals surface area contributed by atoms with Crippen LogP contribution in [0.3, 0.4) is 0 Å². The minimum absolute atomic E-state index is 0.140. The zero-order valence-electron chi connectivity index (χ0n) is 8.52. The van der Waals surface area contributed by atoms with Crippen molar-refractivity contribution in [1.82, 2.24) is 0 Å². The summed E-state index contributed by atoms with van der Waals surface area (Å²) in [6, 6.07) is 8.37. The molecule has 15 heavy (non-hydrogen) atoms. The standard InChI is InChI=1S/C13H14O2/c14-13(15)12-7-8-5-6-11(12)10-4-2-1-3-9(8)10/h1-4,8,11-12H,5-7H2,(H,14,15).